The lowest BCUT2D eigenvalue weighted by atomic mass is 9.83. The summed E-state index contributed by atoms with van der Waals surface area (Å²) in [6.07, 6.45) is 8.54. The van der Waals surface area contributed by atoms with Crippen molar-refractivity contribution in [3.63, 3.8) is 0 Å². The maximum absolute atomic E-state index is 13.3. The summed E-state index contributed by atoms with van der Waals surface area (Å²) in [5, 5.41) is 0. The van der Waals surface area contributed by atoms with E-state index in [4.69, 9.17) is 5.73 Å². The molecule has 3 nitrogen and oxygen atoms in total. The fourth-order valence-electron chi connectivity index (χ4n) is 3.90. The Hall–Kier alpha value is -1.58. The molecule has 1 aliphatic carbocycles. The van der Waals surface area contributed by atoms with Crippen molar-refractivity contribution in [2.75, 3.05) is 12.3 Å². The first-order chi connectivity index (χ1) is 10.2. The van der Waals surface area contributed by atoms with Gasteiger partial charge < -0.3 is 10.6 Å². The summed E-state index contributed by atoms with van der Waals surface area (Å²) in [5.74, 6) is 0.189. The van der Waals surface area contributed by atoms with Crippen LogP contribution in [0.1, 0.15) is 55.3 Å². The van der Waals surface area contributed by atoms with Crippen LogP contribution in [-0.4, -0.2) is 23.4 Å². The number of carbonyl (C=O) groups excluding carboxylic acids is 1. The fraction of sp³-hybridized carbons (Fsp3) is 0.588. The molecule has 114 valence electrons. The molecule has 1 unspecified atom stereocenters. The van der Waals surface area contributed by atoms with E-state index in [9.17, 15) is 9.18 Å². The van der Waals surface area contributed by atoms with Gasteiger partial charge >= 0.3 is 0 Å². The summed E-state index contributed by atoms with van der Waals surface area (Å²) >= 11 is 0. The Kier molecular flexibility index (Phi) is 4.13. The molecule has 1 saturated heterocycles. The standard InChI is InChI=1S/C17H23FN2O/c18-14-9-8-13(11-15(14)19)17(21)20-10-4-7-16(20)12-5-2-1-3-6-12/h8-9,11-12,16H,1-7,10,19H2. The molecule has 4 heteroatoms. The quantitative estimate of drug-likeness (QED) is 0.846. The predicted octanol–water partition coefficient (Wildman–Crippen LogP) is 3.59. The highest BCUT2D eigenvalue weighted by Gasteiger charge is 2.35. The normalized spacial score (nSPS) is 23.5. The molecular formula is C17H23FN2O. The Balaban J connectivity index is 1.77. The molecule has 0 bridgehead atoms. The molecule has 2 fully saturated rings. The van der Waals surface area contributed by atoms with Gasteiger partial charge in [-0.25, -0.2) is 4.39 Å². The molecule has 2 N–H and O–H groups in total. The van der Waals surface area contributed by atoms with Crippen LogP contribution in [0.4, 0.5) is 10.1 Å². The Bertz CT molecular complexity index is 526. The van der Waals surface area contributed by atoms with Gasteiger partial charge in [-0.15, -0.1) is 0 Å². The number of hydrogen-bond acceptors (Lipinski definition) is 2. The van der Waals surface area contributed by atoms with Gasteiger partial charge in [-0.3, -0.25) is 4.79 Å². The molecular weight excluding hydrogens is 267 g/mol. The zero-order valence-electron chi connectivity index (χ0n) is 12.4. The fourth-order valence-corrected chi connectivity index (χ4v) is 3.90. The van der Waals surface area contributed by atoms with Crippen LogP contribution in [0.2, 0.25) is 0 Å². The molecule has 3 rings (SSSR count). The average Bonchev–Trinajstić information content (AvgIpc) is 2.99. The Labute approximate surface area is 125 Å². The van der Waals surface area contributed by atoms with E-state index in [1.807, 2.05) is 4.90 Å². The van der Waals surface area contributed by atoms with E-state index < -0.39 is 5.82 Å². The van der Waals surface area contributed by atoms with Crippen molar-refractivity contribution in [3.8, 4) is 0 Å². The Morgan fingerprint density at radius 2 is 1.90 bits per heavy atom. The molecule has 0 aromatic heterocycles. The number of hydrogen-bond donors (Lipinski definition) is 1. The van der Waals surface area contributed by atoms with E-state index in [1.165, 1.54) is 44.2 Å². The second-order valence-corrected chi connectivity index (χ2v) is 6.34. The van der Waals surface area contributed by atoms with Crippen LogP contribution in [0.25, 0.3) is 0 Å². The Morgan fingerprint density at radius 1 is 1.14 bits per heavy atom. The van der Waals surface area contributed by atoms with E-state index in [-0.39, 0.29) is 11.6 Å². The lowest BCUT2D eigenvalue weighted by Crippen LogP contribution is -2.40. The first-order valence-electron chi connectivity index (χ1n) is 8.03. The van der Waals surface area contributed by atoms with Gasteiger partial charge in [-0.05, 0) is 49.8 Å². The van der Waals surface area contributed by atoms with Crippen LogP contribution in [0, 0.1) is 11.7 Å². The number of nitrogen functional groups attached to an aromatic ring is 1. The van der Waals surface area contributed by atoms with Crippen molar-refractivity contribution in [1.82, 2.24) is 4.90 Å². The highest BCUT2D eigenvalue weighted by molar-refractivity contribution is 5.95. The topological polar surface area (TPSA) is 46.3 Å². The van der Waals surface area contributed by atoms with Gasteiger partial charge in [0, 0.05) is 18.2 Å². The van der Waals surface area contributed by atoms with Crippen molar-refractivity contribution < 1.29 is 9.18 Å². The minimum Gasteiger partial charge on any atom is -0.396 e. The van der Waals surface area contributed by atoms with E-state index in [0.717, 1.165) is 19.4 Å². The van der Waals surface area contributed by atoms with Crippen LogP contribution in [-0.2, 0) is 0 Å². The number of anilines is 1. The third kappa shape index (κ3) is 2.89. The lowest BCUT2D eigenvalue weighted by Gasteiger charge is -2.34. The molecule has 0 radical (unpaired) electrons. The molecule has 1 saturated carbocycles. The number of nitrogens with zero attached hydrogens (tertiary/aromatic N) is 1. The Morgan fingerprint density at radius 3 is 2.62 bits per heavy atom. The van der Waals surface area contributed by atoms with Gasteiger partial charge in [0.15, 0.2) is 0 Å². The number of amides is 1. The first kappa shape index (κ1) is 14.4. The van der Waals surface area contributed by atoms with E-state index in [2.05, 4.69) is 0 Å². The van der Waals surface area contributed by atoms with Gasteiger partial charge in [0.1, 0.15) is 5.82 Å². The smallest absolute Gasteiger partial charge is 0.254 e. The highest BCUT2D eigenvalue weighted by Crippen LogP contribution is 2.35. The van der Waals surface area contributed by atoms with Crippen molar-refractivity contribution in [1.29, 1.82) is 0 Å². The minimum absolute atomic E-state index is 0.00905. The SMILES string of the molecule is Nc1cc(C(=O)N2CCCC2C2CCCCC2)ccc1F. The van der Waals surface area contributed by atoms with Crippen molar-refractivity contribution in [3.05, 3.63) is 29.6 Å². The average molecular weight is 290 g/mol. The summed E-state index contributed by atoms with van der Waals surface area (Å²) in [7, 11) is 0. The van der Waals surface area contributed by atoms with E-state index in [1.54, 1.807) is 6.07 Å². The van der Waals surface area contributed by atoms with Gasteiger partial charge in [0.25, 0.3) is 5.91 Å². The third-order valence-corrected chi connectivity index (χ3v) is 5.00. The van der Waals surface area contributed by atoms with Crippen LogP contribution < -0.4 is 5.73 Å². The first-order valence-corrected chi connectivity index (χ1v) is 8.03. The monoisotopic (exact) mass is 290 g/mol. The van der Waals surface area contributed by atoms with Gasteiger partial charge in [0.2, 0.25) is 0 Å². The number of halogens is 1. The lowest BCUT2D eigenvalue weighted by molar-refractivity contribution is 0.0661. The number of rotatable bonds is 2. The highest BCUT2D eigenvalue weighted by atomic mass is 19.1. The summed E-state index contributed by atoms with van der Waals surface area (Å²) in [4.78, 5) is 14.7. The second-order valence-electron chi connectivity index (χ2n) is 6.34. The van der Waals surface area contributed by atoms with Crippen molar-refractivity contribution in [2.24, 2.45) is 5.92 Å². The summed E-state index contributed by atoms with van der Waals surface area (Å²) in [6, 6.07) is 4.66. The van der Waals surface area contributed by atoms with E-state index in [0.29, 0.717) is 17.5 Å². The second kappa shape index (κ2) is 6.04. The molecule has 21 heavy (non-hydrogen) atoms. The molecule has 1 amide bonds. The number of nitrogens with two attached hydrogens (primary N) is 1. The van der Waals surface area contributed by atoms with Gasteiger partial charge in [-0.1, -0.05) is 19.3 Å². The van der Waals surface area contributed by atoms with Crippen molar-refractivity contribution >= 4 is 11.6 Å². The van der Waals surface area contributed by atoms with Crippen molar-refractivity contribution in [2.45, 2.75) is 51.0 Å². The van der Waals surface area contributed by atoms with Gasteiger partial charge in [-0.2, -0.15) is 0 Å². The summed E-state index contributed by atoms with van der Waals surface area (Å²) in [5.41, 5.74) is 6.15. The van der Waals surface area contributed by atoms with Crippen LogP contribution in [0.5, 0.6) is 0 Å². The van der Waals surface area contributed by atoms with E-state index >= 15 is 0 Å². The predicted molar refractivity (Wildman–Crippen MR) is 81.4 cm³/mol. The minimum atomic E-state index is -0.461. The number of likely N-dealkylation sites (tertiary alicyclic amines) is 1. The molecule has 1 heterocycles. The third-order valence-electron chi connectivity index (χ3n) is 5.00. The number of benzene rings is 1. The summed E-state index contributed by atoms with van der Waals surface area (Å²) < 4.78 is 13.3. The van der Waals surface area contributed by atoms with Gasteiger partial charge in [0.05, 0.1) is 5.69 Å². The van der Waals surface area contributed by atoms with Crippen LogP contribution >= 0.6 is 0 Å². The maximum Gasteiger partial charge on any atom is 0.254 e. The molecule has 1 aromatic rings. The summed E-state index contributed by atoms with van der Waals surface area (Å²) in [6.45, 7) is 0.817. The zero-order chi connectivity index (χ0) is 14.8. The zero-order valence-corrected chi connectivity index (χ0v) is 12.4. The molecule has 1 aliphatic heterocycles. The maximum atomic E-state index is 13.3. The largest absolute Gasteiger partial charge is 0.396 e. The number of carbonyl (C=O) groups is 1. The molecule has 1 atom stereocenters. The molecule has 2 aliphatic rings. The molecule has 0 spiro atoms. The van der Waals surface area contributed by atoms with Crippen LogP contribution in [0.15, 0.2) is 18.2 Å². The molecule has 1 aromatic carbocycles. The van der Waals surface area contributed by atoms with Crippen LogP contribution in [0.3, 0.4) is 0 Å².